The first-order valence-electron chi connectivity index (χ1n) is 17.7. The molecule has 4 aliphatic rings. The molecule has 6 N–H and O–H groups in total. The van der Waals surface area contributed by atoms with Crippen LogP contribution in [0.25, 0.3) is 0 Å². The molecule has 0 bridgehead atoms. The molecule has 3 saturated carbocycles. The highest BCUT2D eigenvalue weighted by Gasteiger charge is 2.59. The Balaban J connectivity index is 0.000000348. The van der Waals surface area contributed by atoms with Gasteiger partial charge in [-0.2, -0.15) is 0 Å². The third kappa shape index (κ3) is 12.1. The second kappa shape index (κ2) is 20.2. The van der Waals surface area contributed by atoms with Gasteiger partial charge in [0.25, 0.3) is 0 Å². The van der Waals surface area contributed by atoms with Crippen LogP contribution in [0.5, 0.6) is 0 Å². The molecule has 8 atom stereocenters. The van der Waals surface area contributed by atoms with Gasteiger partial charge in [0.05, 0.1) is 59.0 Å². The number of nitrogens with two attached hydrogens (primary N) is 1. The summed E-state index contributed by atoms with van der Waals surface area (Å²) >= 11 is 0. The first kappa shape index (κ1) is 39.9. The maximum atomic E-state index is 10.2. The molecule has 4 rings (SSSR count). The van der Waals surface area contributed by atoms with Crippen molar-refractivity contribution in [3.05, 3.63) is 11.6 Å². The second-order valence-electron chi connectivity index (χ2n) is 14.8. The zero-order valence-electron chi connectivity index (χ0n) is 29.1. The fraction of sp³-hybridized carbons (Fsp3) is 0.917. The minimum atomic E-state index is -1.33. The molecule has 9 heteroatoms. The van der Waals surface area contributed by atoms with E-state index in [2.05, 4.69) is 46.4 Å². The molecule has 0 spiro atoms. The number of aliphatic hydroxyl groups excluding tert-OH is 3. The van der Waals surface area contributed by atoms with Crippen LogP contribution < -0.4 is 5.73 Å². The third-order valence-corrected chi connectivity index (χ3v) is 11.5. The van der Waals surface area contributed by atoms with Crippen LogP contribution in [-0.2, 0) is 14.2 Å². The predicted molar refractivity (Wildman–Crippen MR) is 178 cm³/mol. The fourth-order valence-electron chi connectivity index (χ4n) is 9.34. The minimum absolute atomic E-state index is 0.0413. The van der Waals surface area contributed by atoms with Crippen molar-refractivity contribution in [3.8, 4) is 0 Å². The van der Waals surface area contributed by atoms with Crippen LogP contribution >= 0.6 is 0 Å². The van der Waals surface area contributed by atoms with Crippen LogP contribution in [0.15, 0.2) is 11.6 Å². The molecule has 0 aromatic heterocycles. The monoisotopic (exact) mass is 641 g/mol. The summed E-state index contributed by atoms with van der Waals surface area (Å²) in [6.07, 6.45) is 15.8. The van der Waals surface area contributed by atoms with Gasteiger partial charge < -0.3 is 40.4 Å². The van der Waals surface area contributed by atoms with E-state index in [0.717, 1.165) is 48.3 Å². The summed E-state index contributed by atoms with van der Waals surface area (Å²) < 4.78 is 15.0. The average molecular weight is 642 g/mol. The quantitative estimate of drug-likeness (QED) is 0.107. The van der Waals surface area contributed by atoms with Crippen molar-refractivity contribution in [2.24, 2.45) is 52.1 Å². The van der Waals surface area contributed by atoms with Gasteiger partial charge in [-0.3, -0.25) is 0 Å². The van der Waals surface area contributed by atoms with Crippen LogP contribution in [0.3, 0.4) is 0 Å². The SMILES string of the molecule is CC(C)CCC[C@@H](C)[C@H]1CC[C@H]2[C@@H]3CC=C4C[C@@H](O)CC[C@]4(C)[C@H]3CC[C@]12C.NC(=O)O.OCCOCCOCCOCCO. The van der Waals surface area contributed by atoms with Gasteiger partial charge in [0.2, 0.25) is 0 Å². The fourth-order valence-corrected chi connectivity index (χ4v) is 9.34. The Labute approximate surface area is 273 Å². The lowest BCUT2D eigenvalue weighted by molar-refractivity contribution is -0.0573. The standard InChI is InChI=1S/C27H46O.C8H18O5.CH3NO2/c1-18(2)7-6-8-19(3)23-11-12-24-22-10-9-20-17-21(28)13-15-26(20,4)25(22)14-16-27(23,24)5;9-1-3-11-5-7-13-8-6-12-4-2-10;2-1(3)4/h9,18-19,21-25,28H,6-8,10-17H2,1-5H3;9-10H,1-8H2;2H2,(H,3,4)/t19-,21+,22+,23-,24+,25+,26+,27-;;/m1../s1. The molecule has 45 heavy (non-hydrogen) atoms. The van der Waals surface area contributed by atoms with E-state index in [1.54, 1.807) is 5.57 Å². The van der Waals surface area contributed by atoms with Crippen molar-refractivity contribution in [1.82, 2.24) is 0 Å². The molecule has 4 aliphatic carbocycles. The van der Waals surface area contributed by atoms with E-state index >= 15 is 0 Å². The normalized spacial score (nSPS) is 32.6. The number of carbonyl (C=O) groups is 1. The topological polar surface area (TPSA) is 152 Å². The molecule has 0 aromatic carbocycles. The molecule has 0 heterocycles. The summed E-state index contributed by atoms with van der Waals surface area (Å²) in [7, 11) is 0. The van der Waals surface area contributed by atoms with Gasteiger partial charge in [-0.25, -0.2) is 4.79 Å². The number of hydrogen-bond acceptors (Lipinski definition) is 7. The van der Waals surface area contributed by atoms with E-state index in [-0.39, 0.29) is 19.3 Å². The molecular formula is C36H67NO8. The maximum absolute atomic E-state index is 10.2. The van der Waals surface area contributed by atoms with Crippen LogP contribution in [0.4, 0.5) is 4.79 Å². The van der Waals surface area contributed by atoms with Gasteiger partial charge in [-0.05, 0) is 97.7 Å². The Morgan fingerprint density at radius 1 is 0.889 bits per heavy atom. The summed E-state index contributed by atoms with van der Waals surface area (Å²) in [6.45, 7) is 15.3. The number of rotatable bonds is 15. The molecule has 264 valence electrons. The molecule has 9 nitrogen and oxygen atoms in total. The Kier molecular flexibility index (Phi) is 17.9. The highest BCUT2D eigenvalue weighted by Crippen LogP contribution is 2.67. The summed E-state index contributed by atoms with van der Waals surface area (Å²) in [5.74, 6) is 5.46. The highest BCUT2D eigenvalue weighted by atomic mass is 16.5. The van der Waals surface area contributed by atoms with Crippen LogP contribution in [0.1, 0.15) is 105 Å². The number of primary amides is 1. The molecule has 0 saturated heterocycles. The van der Waals surface area contributed by atoms with E-state index in [9.17, 15) is 5.11 Å². The zero-order valence-corrected chi connectivity index (χ0v) is 29.1. The van der Waals surface area contributed by atoms with Crippen LogP contribution in [0.2, 0.25) is 0 Å². The van der Waals surface area contributed by atoms with E-state index in [0.29, 0.717) is 50.5 Å². The van der Waals surface area contributed by atoms with Gasteiger partial charge in [0.1, 0.15) is 0 Å². The summed E-state index contributed by atoms with van der Waals surface area (Å²) in [4.78, 5) is 8.78. The van der Waals surface area contributed by atoms with Crippen LogP contribution in [-0.4, -0.2) is 85.5 Å². The molecule has 0 aromatic rings. The van der Waals surface area contributed by atoms with Crippen molar-refractivity contribution in [2.45, 2.75) is 111 Å². The van der Waals surface area contributed by atoms with Crippen molar-refractivity contribution in [2.75, 3.05) is 52.9 Å². The van der Waals surface area contributed by atoms with Crippen molar-refractivity contribution >= 4 is 6.09 Å². The summed E-state index contributed by atoms with van der Waals surface area (Å²) in [5, 5.41) is 34.1. The van der Waals surface area contributed by atoms with Crippen molar-refractivity contribution < 1.29 is 39.4 Å². The molecular weight excluding hydrogens is 574 g/mol. The summed E-state index contributed by atoms with van der Waals surface area (Å²) in [5.41, 5.74) is 6.63. The Bertz CT molecular complexity index is 854. The molecule has 3 fully saturated rings. The maximum Gasteiger partial charge on any atom is 0.402 e. The first-order valence-corrected chi connectivity index (χ1v) is 17.7. The number of amides is 1. The summed E-state index contributed by atoms with van der Waals surface area (Å²) in [6, 6.07) is 0. The Hall–Kier alpha value is -1.23. The third-order valence-electron chi connectivity index (χ3n) is 11.5. The van der Waals surface area contributed by atoms with Crippen molar-refractivity contribution in [1.29, 1.82) is 0 Å². The number of ether oxygens (including phenoxy) is 3. The largest absolute Gasteiger partial charge is 0.465 e. The lowest BCUT2D eigenvalue weighted by atomic mass is 9.47. The highest BCUT2D eigenvalue weighted by molar-refractivity contribution is 5.61. The second-order valence-corrected chi connectivity index (χ2v) is 14.8. The lowest BCUT2D eigenvalue weighted by Crippen LogP contribution is -2.50. The van der Waals surface area contributed by atoms with E-state index in [1.807, 2.05) is 0 Å². The average Bonchev–Trinajstić information content (AvgIpc) is 3.34. The molecule has 0 aliphatic heterocycles. The molecule has 1 amide bonds. The van der Waals surface area contributed by atoms with Crippen LogP contribution in [0, 0.1) is 46.3 Å². The van der Waals surface area contributed by atoms with Crippen molar-refractivity contribution in [3.63, 3.8) is 0 Å². The van der Waals surface area contributed by atoms with Gasteiger partial charge in [-0.15, -0.1) is 0 Å². The minimum Gasteiger partial charge on any atom is -0.465 e. The van der Waals surface area contributed by atoms with Gasteiger partial charge in [-0.1, -0.05) is 65.5 Å². The molecule has 0 radical (unpaired) electrons. The van der Waals surface area contributed by atoms with E-state index in [1.165, 1.54) is 57.8 Å². The van der Waals surface area contributed by atoms with E-state index in [4.69, 9.17) is 34.3 Å². The number of carboxylic acid groups (broad SMARTS) is 1. The number of fused-ring (bicyclic) bond motifs is 5. The smallest absolute Gasteiger partial charge is 0.402 e. The van der Waals surface area contributed by atoms with Gasteiger partial charge >= 0.3 is 6.09 Å². The predicted octanol–water partition coefficient (Wildman–Crippen LogP) is 6.03. The number of hydrogen-bond donors (Lipinski definition) is 5. The molecule has 0 unspecified atom stereocenters. The lowest BCUT2D eigenvalue weighted by Gasteiger charge is -2.58. The van der Waals surface area contributed by atoms with Gasteiger partial charge in [0.15, 0.2) is 0 Å². The first-order chi connectivity index (χ1) is 21.4. The number of aliphatic hydroxyl groups is 3. The van der Waals surface area contributed by atoms with Gasteiger partial charge in [0, 0.05) is 0 Å². The Morgan fingerprint density at radius 3 is 2.02 bits per heavy atom. The number of allylic oxidation sites excluding steroid dienone is 1. The Morgan fingerprint density at radius 2 is 1.47 bits per heavy atom. The zero-order chi connectivity index (χ0) is 33.5. The van der Waals surface area contributed by atoms with E-state index < -0.39 is 6.09 Å².